The lowest BCUT2D eigenvalue weighted by Gasteiger charge is -2.39. The van der Waals surface area contributed by atoms with E-state index >= 15 is 0 Å². The maximum absolute atomic E-state index is 12.4. The predicted molar refractivity (Wildman–Crippen MR) is 93.4 cm³/mol. The van der Waals surface area contributed by atoms with Crippen molar-refractivity contribution in [2.24, 2.45) is 0 Å². The zero-order chi connectivity index (χ0) is 16.2. The van der Waals surface area contributed by atoms with Crippen molar-refractivity contribution in [2.45, 2.75) is 70.2 Å². The molecule has 2 heterocycles. The van der Waals surface area contributed by atoms with E-state index in [1.54, 1.807) is 0 Å². The first kappa shape index (κ1) is 17.7. The standard InChI is InChI=1S/C17H30N2O2S/c1-5-9-22-10-8-18-13-11-14-6-7-15(12-13)19(14)16(20)21-17(2,3)4/h5,13-15,18H,1,6-12H2,2-4H3. The zero-order valence-corrected chi connectivity index (χ0v) is 15.0. The third kappa shape index (κ3) is 4.92. The molecule has 5 heteroatoms. The van der Waals surface area contributed by atoms with E-state index in [0.717, 1.165) is 43.7 Å². The molecule has 0 aromatic heterocycles. The SMILES string of the molecule is C=CCSCCNC1CC2CCC(C1)N2C(=O)OC(C)(C)C. The van der Waals surface area contributed by atoms with Gasteiger partial charge in [-0.2, -0.15) is 11.8 Å². The van der Waals surface area contributed by atoms with E-state index in [-0.39, 0.29) is 6.09 Å². The van der Waals surface area contributed by atoms with Crippen LogP contribution in [-0.4, -0.2) is 52.8 Å². The van der Waals surface area contributed by atoms with Gasteiger partial charge in [-0.1, -0.05) is 6.08 Å². The number of piperidine rings is 1. The molecular weight excluding hydrogens is 296 g/mol. The summed E-state index contributed by atoms with van der Waals surface area (Å²) in [6.07, 6.45) is 6.18. The van der Waals surface area contributed by atoms with Crippen molar-refractivity contribution in [1.29, 1.82) is 0 Å². The van der Waals surface area contributed by atoms with E-state index in [2.05, 4.69) is 11.9 Å². The quantitative estimate of drug-likeness (QED) is 0.600. The van der Waals surface area contributed by atoms with Crippen molar-refractivity contribution in [3.8, 4) is 0 Å². The van der Waals surface area contributed by atoms with E-state index in [1.807, 2.05) is 43.5 Å². The summed E-state index contributed by atoms with van der Waals surface area (Å²) in [6.45, 7) is 10.6. The second kappa shape index (κ2) is 7.73. The number of carbonyl (C=O) groups is 1. The fourth-order valence-electron chi connectivity index (χ4n) is 3.46. The first-order valence-corrected chi connectivity index (χ1v) is 9.49. The summed E-state index contributed by atoms with van der Waals surface area (Å²) in [5.41, 5.74) is -0.409. The number of thioether (sulfide) groups is 1. The van der Waals surface area contributed by atoms with E-state index in [4.69, 9.17) is 4.74 Å². The molecule has 2 aliphatic heterocycles. The highest BCUT2D eigenvalue weighted by Gasteiger charge is 2.44. The second-order valence-electron chi connectivity index (χ2n) is 7.26. The van der Waals surface area contributed by atoms with Gasteiger partial charge in [0, 0.05) is 36.2 Å². The summed E-state index contributed by atoms with van der Waals surface area (Å²) in [4.78, 5) is 14.4. The Hall–Kier alpha value is -0.680. The van der Waals surface area contributed by atoms with Gasteiger partial charge in [-0.3, -0.25) is 0 Å². The third-order valence-electron chi connectivity index (χ3n) is 4.25. The van der Waals surface area contributed by atoms with E-state index in [0.29, 0.717) is 18.1 Å². The molecular formula is C17H30N2O2S. The summed E-state index contributed by atoms with van der Waals surface area (Å²) in [7, 11) is 0. The summed E-state index contributed by atoms with van der Waals surface area (Å²) >= 11 is 1.91. The van der Waals surface area contributed by atoms with Gasteiger partial charge in [-0.05, 0) is 46.5 Å². The molecule has 2 bridgehead atoms. The van der Waals surface area contributed by atoms with Gasteiger partial charge in [0.05, 0.1) is 0 Å². The van der Waals surface area contributed by atoms with Crippen LogP contribution in [0.15, 0.2) is 12.7 Å². The average molecular weight is 327 g/mol. The van der Waals surface area contributed by atoms with Crippen molar-refractivity contribution >= 4 is 17.9 Å². The van der Waals surface area contributed by atoms with Crippen molar-refractivity contribution < 1.29 is 9.53 Å². The minimum absolute atomic E-state index is 0.125. The number of amides is 1. The van der Waals surface area contributed by atoms with Crippen LogP contribution in [0, 0.1) is 0 Å². The van der Waals surface area contributed by atoms with Gasteiger partial charge < -0.3 is 15.0 Å². The van der Waals surface area contributed by atoms with Gasteiger partial charge >= 0.3 is 6.09 Å². The summed E-state index contributed by atoms with van der Waals surface area (Å²) < 4.78 is 5.57. The van der Waals surface area contributed by atoms with E-state index < -0.39 is 5.60 Å². The molecule has 2 aliphatic rings. The normalized spacial score (nSPS) is 27.8. The van der Waals surface area contributed by atoms with Crippen LogP contribution in [0.5, 0.6) is 0 Å². The van der Waals surface area contributed by atoms with Crippen molar-refractivity contribution in [2.75, 3.05) is 18.1 Å². The molecule has 22 heavy (non-hydrogen) atoms. The molecule has 2 fully saturated rings. The molecule has 2 rings (SSSR count). The largest absolute Gasteiger partial charge is 0.444 e. The fraction of sp³-hybridized carbons (Fsp3) is 0.824. The monoisotopic (exact) mass is 326 g/mol. The van der Waals surface area contributed by atoms with Gasteiger partial charge in [0.1, 0.15) is 5.60 Å². The van der Waals surface area contributed by atoms with Crippen LogP contribution in [0.3, 0.4) is 0 Å². The molecule has 1 amide bonds. The Bertz CT molecular complexity index is 381. The van der Waals surface area contributed by atoms with Gasteiger partial charge in [0.2, 0.25) is 0 Å². The average Bonchev–Trinajstić information content (AvgIpc) is 2.68. The molecule has 4 nitrogen and oxygen atoms in total. The maximum atomic E-state index is 12.4. The number of ether oxygens (including phenoxy) is 1. The number of hydrogen-bond donors (Lipinski definition) is 1. The lowest BCUT2D eigenvalue weighted by atomic mass is 9.98. The minimum atomic E-state index is -0.409. The Labute approximate surface area is 139 Å². The van der Waals surface area contributed by atoms with E-state index in [9.17, 15) is 4.79 Å². The fourth-order valence-corrected chi connectivity index (χ4v) is 4.05. The number of carbonyl (C=O) groups excluding carboxylic acids is 1. The molecule has 2 saturated heterocycles. The maximum Gasteiger partial charge on any atom is 0.410 e. The summed E-state index contributed by atoms with van der Waals surface area (Å²) in [6, 6.07) is 1.25. The van der Waals surface area contributed by atoms with Crippen molar-refractivity contribution in [3.63, 3.8) is 0 Å². The Morgan fingerprint density at radius 1 is 1.36 bits per heavy atom. The lowest BCUT2D eigenvalue weighted by Crippen LogP contribution is -2.52. The highest BCUT2D eigenvalue weighted by Crippen LogP contribution is 2.36. The number of nitrogens with zero attached hydrogens (tertiary/aromatic N) is 1. The first-order valence-electron chi connectivity index (χ1n) is 8.34. The van der Waals surface area contributed by atoms with Crippen LogP contribution < -0.4 is 5.32 Å². The number of hydrogen-bond acceptors (Lipinski definition) is 4. The summed E-state index contributed by atoms with van der Waals surface area (Å²) in [5.74, 6) is 2.14. The van der Waals surface area contributed by atoms with Crippen LogP contribution in [0.2, 0.25) is 0 Å². The Kier molecular flexibility index (Phi) is 6.21. The molecule has 0 saturated carbocycles. The number of nitrogens with one attached hydrogen (secondary N) is 1. The zero-order valence-electron chi connectivity index (χ0n) is 14.1. The van der Waals surface area contributed by atoms with Crippen LogP contribution in [-0.2, 0) is 4.74 Å². The Balaban J connectivity index is 1.79. The van der Waals surface area contributed by atoms with Crippen LogP contribution in [0.25, 0.3) is 0 Å². The number of fused-ring (bicyclic) bond motifs is 2. The number of rotatable bonds is 6. The van der Waals surface area contributed by atoms with Gasteiger partial charge in [-0.25, -0.2) is 4.79 Å². The molecule has 0 aliphatic carbocycles. The topological polar surface area (TPSA) is 41.6 Å². The lowest BCUT2D eigenvalue weighted by molar-refractivity contribution is 0.00483. The van der Waals surface area contributed by atoms with Crippen molar-refractivity contribution in [3.05, 3.63) is 12.7 Å². The highest BCUT2D eigenvalue weighted by molar-refractivity contribution is 7.99. The Morgan fingerprint density at radius 2 is 2.00 bits per heavy atom. The molecule has 0 radical (unpaired) electrons. The Morgan fingerprint density at radius 3 is 2.55 bits per heavy atom. The van der Waals surface area contributed by atoms with Crippen molar-refractivity contribution in [1.82, 2.24) is 10.2 Å². The van der Waals surface area contributed by atoms with Gasteiger partial charge in [-0.15, -0.1) is 6.58 Å². The molecule has 0 aromatic rings. The highest BCUT2D eigenvalue weighted by atomic mass is 32.2. The van der Waals surface area contributed by atoms with Crippen LogP contribution >= 0.6 is 11.8 Å². The smallest absolute Gasteiger partial charge is 0.410 e. The molecule has 2 atom stereocenters. The first-order chi connectivity index (χ1) is 10.4. The molecule has 0 aromatic carbocycles. The van der Waals surface area contributed by atoms with Gasteiger partial charge in [0.25, 0.3) is 0 Å². The van der Waals surface area contributed by atoms with E-state index in [1.165, 1.54) is 0 Å². The molecule has 126 valence electrons. The summed E-state index contributed by atoms with van der Waals surface area (Å²) in [5, 5.41) is 3.66. The molecule has 2 unspecified atom stereocenters. The second-order valence-corrected chi connectivity index (χ2v) is 8.41. The third-order valence-corrected chi connectivity index (χ3v) is 5.22. The molecule has 1 N–H and O–H groups in total. The molecule has 0 spiro atoms. The van der Waals surface area contributed by atoms with Crippen LogP contribution in [0.4, 0.5) is 4.79 Å². The predicted octanol–water partition coefficient (Wildman–Crippen LogP) is 3.43. The van der Waals surface area contributed by atoms with Gasteiger partial charge in [0.15, 0.2) is 0 Å². The van der Waals surface area contributed by atoms with Crippen LogP contribution in [0.1, 0.15) is 46.5 Å². The minimum Gasteiger partial charge on any atom is -0.444 e.